The third-order valence-electron chi connectivity index (χ3n) is 3.37. The summed E-state index contributed by atoms with van der Waals surface area (Å²) in [5, 5.41) is 2.96. The van der Waals surface area contributed by atoms with Gasteiger partial charge in [0.05, 0.1) is 20.2 Å². The molecule has 0 aromatic heterocycles. The lowest BCUT2D eigenvalue weighted by Gasteiger charge is -2.12. The number of hydrogen-bond donors (Lipinski definition) is 2. The van der Waals surface area contributed by atoms with Crippen LogP contribution in [0.5, 0.6) is 5.75 Å². The first-order chi connectivity index (χ1) is 8.78. The van der Waals surface area contributed by atoms with Crippen LogP contribution in [-0.2, 0) is 11.3 Å². The molecule has 1 saturated heterocycles. The second-order valence-electron chi connectivity index (χ2n) is 4.76. The lowest BCUT2D eigenvalue weighted by atomic mass is 10.2. The van der Waals surface area contributed by atoms with Gasteiger partial charge in [0, 0.05) is 19.4 Å². The summed E-state index contributed by atoms with van der Waals surface area (Å²) >= 11 is 0. The summed E-state index contributed by atoms with van der Waals surface area (Å²) < 4.78 is 5.09. The maximum absolute atomic E-state index is 11.7. The molecule has 0 aliphatic carbocycles. The van der Waals surface area contributed by atoms with Gasteiger partial charge in [-0.2, -0.15) is 0 Å². The lowest BCUT2D eigenvalue weighted by molar-refractivity contribution is -0.879. The summed E-state index contributed by atoms with van der Waals surface area (Å²) in [6, 6.07) is 7.77. The van der Waals surface area contributed by atoms with Crippen molar-refractivity contribution in [1.29, 1.82) is 0 Å². The van der Waals surface area contributed by atoms with Crippen LogP contribution in [0.4, 0.5) is 0 Å². The zero-order valence-corrected chi connectivity index (χ0v) is 10.9. The van der Waals surface area contributed by atoms with Gasteiger partial charge in [0.1, 0.15) is 5.75 Å². The minimum atomic E-state index is 0.141. The molecule has 0 spiro atoms. The zero-order valence-electron chi connectivity index (χ0n) is 10.9. The number of amides is 1. The van der Waals surface area contributed by atoms with E-state index < -0.39 is 0 Å². The normalized spacial score (nSPS) is 15.6. The number of quaternary nitrogens is 1. The van der Waals surface area contributed by atoms with E-state index in [1.165, 1.54) is 17.7 Å². The highest BCUT2D eigenvalue weighted by molar-refractivity contribution is 5.76. The quantitative estimate of drug-likeness (QED) is 0.771. The Morgan fingerprint density at radius 3 is 2.56 bits per heavy atom. The molecule has 1 aliphatic heterocycles. The van der Waals surface area contributed by atoms with Crippen molar-refractivity contribution in [2.45, 2.75) is 19.4 Å². The van der Waals surface area contributed by atoms with Crippen LogP contribution < -0.4 is 15.0 Å². The second-order valence-corrected chi connectivity index (χ2v) is 4.76. The third kappa shape index (κ3) is 3.74. The smallest absolute Gasteiger partial charge is 0.275 e. The Morgan fingerprint density at radius 1 is 1.28 bits per heavy atom. The summed E-state index contributed by atoms with van der Waals surface area (Å²) in [6.45, 7) is 3.47. The molecule has 0 atom stereocenters. The second kappa shape index (κ2) is 6.40. The van der Waals surface area contributed by atoms with Gasteiger partial charge >= 0.3 is 0 Å². The van der Waals surface area contributed by atoms with Crippen LogP contribution >= 0.6 is 0 Å². The van der Waals surface area contributed by atoms with Gasteiger partial charge in [0.15, 0.2) is 6.54 Å². The number of hydrogen-bond acceptors (Lipinski definition) is 2. The maximum Gasteiger partial charge on any atom is 0.275 e. The summed E-state index contributed by atoms with van der Waals surface area (Å²) in [5.41, 5.74) is 1.10. The highest BCUT2D eigenvalue weighted by Gasteiger charge is 2.18. The summed E-state index contributed by atoms with van der Waals surface area (Å²) in [4.78, 5) is 13.1. The van der Waals surface area contributed by atoms with E-state index in [-0.39, 0.29) is 5.91 Å². The van der Waals surface area contributed by atoms with Crippen molar-refractivity contribution in [3.05, 3.63) is 29.8 Å². The van der Waals surface area contributed by atoms with Crippen LogP contribution in [0.3, 0.4) is 0 Å². The van der Waals surface area contributed by atoms with Crippen molar-refractivity contribution in [3.8, 4) is 5.75 Å². The fourth-order valence-corrected chi connectivity index (χ4v) is 2.29. The van der Waals surface area contributed by atoms with Crippen LogP contribution in [0.15, 0.2) is 24.3 Å². The Kier molecular flexibility index (Phi) is 4.59. The van der Waals surface area contributed by atoms with E-state index in [2.05, 4.69) is 5.32 Å². The highest BCUT2D eigenvalue weighted by atomic mass is 16.5. The molecule has 4 nitrogen and oxygen atoms in total. The topological polar surface area (TPSA) is 42.8 Å². The average molecular weight is 249 g/mol. The van der Waals surface area contributed by atoms with Crippen molar-refractivity contribution in [2.24, 2.45) is 0 Å². The van der Waals surface area contributed by atoms with Gasteiger partial charge in [-0.05, 0) is 17.7 Å². The molecular formula is C14H21N2O2+. The predicted molar refractivity (Wildman–Crippen MR) is 69.6 cm³/mol. The molecule has 0 unspecified atom stereocenters. The van der Waals surface area contributed by atoms with Gasteiger partial charge in [-0.25, -0.2) is 0 Å². The van der Waals surface area contributed by atoms with Gasteiger partial charge in [-0.3, -0.25) is 4.79 Å². The molecule has 1 amide bonds. The minimum Gasteiger partial charge on any atom is -0.497 e. The lowest BCUT2D eigenvalue weighted by Crippen LogP contribution is -3.11. The molecule has 0 bridgehead atoms. The SMILES string of the molecule is COc1ccc(CNC(=O)C[NH+]2CCCC2)cc1. The number of rotatable bonds is 5. The standard InChI is InChI=1S/C14H20N2O2/c1-18-13-6-4-12(5-7-13)10-15-14(17)11-16-8-2-3-9-16/h4-7H,2-3,8-11H2,1H3,(H,15,17)/p+1. The van der Waals surface area contributed by atoms with Gasteiger partial charge in [-0.15, -0.1) is 0 Å². The van der Waals surface area contributed by atoms with E-state index in [0.717, 1.165) is 24.4 Å². The van der Waals surface area contributed by atoms with Crippen LogP contribution in [0.25, 0.3) is 0 Å². The monoisotopic (exact) mass is 249 g/mol. The van der Waals surface area contributed by atoms with Crippen LogP contribution in [0.2, 0.25) is 0 Å². The van der Waals surface area contributed by atoms with E-state index in [9.17, 15) is 4.79 Å². The first-order valence-corrected chi connectivity index (χ1v) is 6.51. The molecule has 98 valence electrons. The Bertz CT molecular complexity index is 383. The van der Waals surface area contributed by atoms with Gasteiger partial charge < -0.3 is 15.0 Å². The number of ether oxygens (including phenoxy) is 1. The molecule has 1 aliphatic rings. The number of benzene rings is 1. The largest absolute Gasteiger partial charge is 0.497 e. The Balaban J connectivity index is 1.74. The Morgan fingerprint density at radius 2 is 1.94 bits per heavy atom. The molecule has 18 heavy (non-hydrogen) atoms. The first-order valence-electron chi connectivity index (χ1n) is 6.51. The van der Waals surface area contributed by atoms with E-state index in [0.29, 0.717) is 13.1 Å². The summed E-state index contributed by atoms with van der Waals surface area (Å²) in [6.07, 6.45) is 2.50. The van der Waals surface area contributed by atoms with E-state index >= 15 is 0 Å². The molecule has 2 N–H and O–H groups in total. The number of carbonyl (C=O) groups excluding carboxylic acids is 1. The van der Waals surface area contributed by atoms with Crippen LogP contribution in [0, 0.1) is 0 Å². The summed E-state index contributed by atoms with van der Waals surface area (Å²) in [7, 11) is 1.65. The minimum absolute atomic E-state index is 0.141. The van der Waals surface area contributed by atoms with E-state index in [1.807, 2.05) is 24.3 Å². The van der Waals surface area contributed by atoms with Gasteiger partial charge in [-0.1, -0.05) is 12.1 Å². The number of carbonyl (C=O) groups is 1. The van der Waals surface area contributed by atoms with Crippen molar-refractivity contribution >= 4 is 5.91 Å². The van der Waals surface area contributed by atoms with Crippen molar-refractivity contribution in [2.75, 3.05) is 26.7 Å². The van der Waals surface area contributed by atoms with E-state index in [1.54, 1.807) is 7.11 Å². The van der Waals surface area contributed by atoms with Crippen LogP contribution in [-0.4, -0.2) is 32.7 Å². The molecule has 0 saturated carbocycles. The molecule has 1 fully saturated rings. The Labute approximate surface area is 108 Å². The molecule has 4 heteroatoms. The number of likely N-dealkylation sites (tertiary alicyclic amines) is 1. The fraction of sp³-hybridized carbons (Fsp3) is 0.500. The summed E-state index contributed by atoms with van der Waals surface area (Å²) in [5.74, 6) is 0.981. The molecule has 2 rings (SSSR count). The molecule has 1 aromatic carbocycles. The fourth-order valence-electron chi connectivity index (χ4n) is 2.29. The predicted octanol–water partition coefficient (Wildman–Crippen LogP) is -0.00990. The van der Waals surface area contributed by atoms with Crippen molar-refractivity contribution in [1.82, 2.24) is 5.32 Å². The van der Waals surface area contributed by atoms with E-state index in [4.69, 9.17) is 4.74 Å². The van der Waals surface area contributed by atoms with Crippen LogP contribution in [0.1, 0.15) is 18.4 Å². The van der Waals surface area contributed by atoms with Gasteiger partial charge in [0.25, 0.3) is 5.91 Å². The van der Waals surface area contributed by atoms with Crippen molar-refractivity contribution in [3.63, 3.8) is 0 Å². The third-order valence-corrected chi connectivity index (χ3v) is 3.37. The average Bonchev–Trinajstić information content (AvgIpc) is 2.90. The Hall–Kier alpha value is -1.55. The van der Waals surface area contributed by atoms with Crippen molar-refractivity contribution < 1.29 is 14.4 Å². The zero-order chi connectivity index (χ0) is 12.8. The molecular weight excluding hydrogens is 228 g/mol. The molecule has 1 heterocycles. The molecule has 1 aromatic rings. The maximum atomic E-state index is 11.7. The number of methoxy groups -OCH3 is 1. The molecule has 0 radical (unpaired) electrons. The number of nitrogens with one attached hydrogen (secondary N) is 2. The highest BCUT2D eigenvalue weighted by Crippen LogP contribution is 2.10. The first kappa shape index (κ1) is 12.9. The van der Waals surface area contributed by atoms with Gasteiger partial charge in [0.2, 0.25) is 0 Å².